The molecule has 1 aromatic carbocycles. The van der Waals surface area contributed by atoms with Crippen LogP contribution in [-0.4, -0.2) is 38.8 Å². The lowest BCUT2D eigenvalue weighted by atomic mass is 9.96. The molecule has 0 atom stereocenters. The van der Waals surface area contributed by atoms with Crippen LogP contribution in [0.2, 0.25) is 0 Å². The topological polar surface area (TPSA) is 75.4 Å². The van der Waals surface area contributed by atoms with Crippen molar-refractivity contribution in [3.8, 4) is 0 Å². The van der Waals surface area contributed by atoms with Crippen molar-refractivity contribution < 1.29 is 18.0 Å². The molecule has 7 nitrogen and oxygen atoms in total. The number of piperidine rings is 1. The zero-order valence-electron chi connectivity index (χ0n) is 14.7. The van der Waals surface area contributed by atoms with Crippen LogP contribution in [0.5, 0.6) is 0 Å². The van der Waals surface area contributed by atoms with Gasteiger partial charge in [-0.2, -0.15) is 17.7 Å². The van der Waals surface area contributed by atoms with Crippen LogP contribution >= 0.6 is 0 Å². The highest BCUT2D eigenvalue weighted by atomic mass is 19.4. The molecule has 0 aliphatic carbocycles. The molecule has 0 saturated carbocycles. The molecule has 3 heterocycles. The van der Waals surface area contributed by atoms with Gasteiger partial charge in [-0.05, 0) is 37.1 Å². The maximum absolute atomic E-state index is 13.0. The predicted octanol–water partition coefficient (Wildman–Crippen LogP) is 3.00. The molecule has 1 saturated heterocycles. The quantitative estimate of drug-likeness (QED) is 0.744. The van der Waals surface area contributed by atoms with Crippen molar-refractivity contribution in [1.29, 1.82) is 0 Å². The summed E-state index contributed by atoms with van der Waals surface area (Å²) in [5, 5.41) is 13.6. The van der Waals surface area contributed by atoms with Gasteiger partial charge in [0, 0.05) is 24.7 Å². The Morgan fingerprint density at radius 3 is 2.43 bits per heavy atom. The first kappa shape index (κ1) is 18.2. The molecule has 0 unspecified atom stereocenters. The summed E-state index contributed by atoms with van der Waals surface area (Å²) < 4.78 is 39.8. The molecule has 1 aliphatic heterocycles. The van der Waals surface area contributed by atoms with Crippen molar-refractivity contribution in [2.45, 2.75) is 19.0 Å². The molecule has 3 aromatic rings. The molecule has 0 bridgehead atoms. The van der Waals surface area contributed by atoms with E-state index >= 15 is 0 Å². The number of carbonyl (C=O) groups excluding carboxylic acids is 1. The van der Waals surface area contributed by atoms with Gasteiger partial charge in [0.15, 0.2) is 5.65 Å². The summed E-state index contributed by atoms with van der Waals surface area (Å²) in [6.07, 6.45) is -3.45. The molecular formula is C18H17F3N6O. The van der Waals surface area contributed by atoms with E-state index in [0.717, 1.165) is 5.69 Å². The minimum absolute atomic E-state index is 0.0354. The summed E-state index contributed by atoms with van der Waals surface area (Å²) in [5.41, 5.74) is 0.780. The number of fused-ring (bicyclic) bond motifs is 1. The van der Waals surface area contributed by atoms with Crippen LogP contribution in [0.3, 0.4) is 0 Å². The van der Waals surface area contributed by atoms with Crippen LogP contribution < -0.4 is 10.2 Å². The van der Waals surface area contributed by atoms with E-state index in [2.05, 4.69) is 20.6 Å². The summed E-state index contributed by atoms with van der Waals surface area (Å²) >= 11 is 0. The molecule has 10 heteroatoms. The lowest BCUT2D eigenvalue weighted by Gasteiger charge is -2.32. The molecule has 28 heavy (non-hydrogen) atoms. The molecule has 146 valence electrons. The maximum Gasteiger partial charge on any atom is 0.453 e. The molecule has 4 rings (SSSR count). The first-order chi connectivity index (χ1) is 13.4. The van der Waals surface area contributed by atoms with E-state index in [-0.39, 0.29) is 17.5 Å². The number of hydrogen-bond acceptors (Lipinski definition) is 5. The number of halogens is 3. The average molecular weight is 390 g/mol. The van der Waals surface area contributed by atoms with Crippen molar-refractivity contribution in [1.82, 2.24) is 19.8 Å². The molecule has 2 aromatic heterocycles. The number of aromatic nitrogens is 4. The lowest BCUT2D eigenvalue weighted by Crippen LogP contribution is -2.38. The SMILES string of the molecule is O=C(Nc1ccccc1)C1CCN(c2ccc3nnc(C(F)(F)F)n3n2)CC1. The van der Waals surface area contributed by atoms with Crippen LogP contribution in [-0.2, 0) is 11.0 Å². The normalized spacial score (nSPS) is 15.8. The first-order valence-corrected chi connectivity index (χ1v) is 8.82. The Morgan fingerprint density at radius 1 is 1.04 bits per heavy atom. The van der Waals surface area contributed by atoms with Crippen molar-refractivity contribution in [2.75, 3.05) is 23.3 Å². The lowest BCUT2D eigenvalue weighted by molar-refractivity contribution is -0.146. The third-order valence-corrected chi connectivity index (χ3v) is 4.73. The number of benzene rings is 1. The maximum atomic E-state index is 13.0. The van der Waals surface area contributed by atoms with E-state index < -0.39 is 12.0 Å². The number of rotatable bonds is 3. The Kier molecular flexibility index (Phi) is 4.62. The van der Waals surface area contributed by atoms with Gasteiger partial charge < -0.3 is 10.2 Å². The average Bonchev–Trinajstić information content (AvgIpc) is 3.12. The molecule has 1 amide bonds. The van der Waals surface area contributed by atoms with Crippen LogP contribution in [0.15, 0.2) is 42.5 Å². The van der Waals surface area contributed by atoms with Gasteiger partial charge in [-0.15, -0.1) is 15.3 Å². The smallest absolute Gasteiger partial charge is 0.355 e. The molecule has 1 fully saturated rings. The second kappa shape index (κ2) is 7.10. The summed E-state index contributed by atoms with van der Waals surface area (Å²) in [6.45, 7) is 1.05. The number of nitrogens with one attached hydrogen (secondary N) is 1. The van der Waals surface area contributed by atoms with E-state index in [9.17, 15) is 18.0 Å². The minimum Gasteiger partial charge on any atom is -0.355 e. The van der Waals surface area contributed by atoms with E-state index in [1.165, 1.54) is 6.07 Å². The number of hydrogen-bond donors (Lipinski definition) is 1. The summed E-state index contributed by atoms with van der Waals surface area (Å²) in [6, 6.07) is 12.3. The number of anilines is 2. The van der Waals surface area contributed by atoms with Crippen LogP contribution in [0.25, 0.3) is 5.65 Å². The number of amides is 1. The van der Waals surface area contributed by atoms with Gasteiger partial charge in [-0.1, -0.05) is 18.2 Å². The fourth-order valence-corrected chi connectivity index (χ4v) is 3.26. The third kappa shape index (κ3) is 3.62. The van der Waals surface area contributed by atoms with E-state index in [1.54, 1.807) is 6.07 Å². The third-order valence-electron chi connectivity index (χ3n) is 4.73. The molecule has 1 N–H and O–H groups in total. The predicted molar refractivity (Wildman–Crippen MR) is 95.8 cm³/mol. The number of alkyl halides is 3. The van der Waals surface area contributed by atoms with Crippen molar-refractivity contribution in [3.63, 3.8) is 0 Å². The fraction of sp³-hybridized carbons (Fsp3) is 0.333. The van der Waals surface area contributed by atoms with Crippen LogP contribution in [0.4, 0.5) is 24.7 Å². The highest BCUT2D eigenvalue weighted by Gasteiger charge is 2.38. The molecule has 0 spiro atoms. The number of para-hydroxylation sites is 1. The summed E-state index contributed by atoms with van der Waals surface area (Å²) in [4.78, 5) is 14.3. The molecule has 0 radical (unpaired) electrons. The van der Waals surface area contributed by atoms with Gasteiger partial charge in [-0.3, -0.25) is 4.79 Å². The summed E-state index contributed by atoms with van der Waals surface area (Å²) in [7, 11) is 0. The van der Waals surface area contributed by atoms with Crippen molar-refractivity contribution in [3.05, 3.63) is 48.3 Å². The first-order valence-electron chi connectivity index (χ1n) is 8.82. The van der Waals surface area contributed by atoms with Crippen molar-refractivity contribution in [2.24, 2.45) is 5.92 Å². The van der Waals surface area contributed by atoms with Gasteiger partial charge in [0.25, 0.3) is 5.82 Å². The second-order valence-corrected chi connectivity index (χ2v) is 6.60. The van der Waals surface area contributed by atoms with Gasteiger partial charge in [-0.25, -0.2) is 0 Å². The van der Waals surface area contributed by atoms with E-state index in [4.69, 9.17) is 0 Å². The van der Waals surface area contributed by atoms with Crippen molar-refractivity contribution >= 4 is 23.1 Å². The number of nitrogens with zero attached hydrogens (tertiary/aromatic N) is 5. The van der Waals surface area contributed by atoms with Crippen LogP contribution in [0, 0.1) is 5.92 Å². The standard InChI is InChI=1S/C18H17F3N6O/c19-18(20,21)17-24-23-14-6-7-15(25-27(14)17)26-10-8-12(9-11-26)16(28)22-13-4-2-1-3-5-13/h1-7,12H,8-11H2,(H,22,28). The van der Waals surface area contributed by atoms with Gasteiger partial charge >= 0.3 is 6.18 Å². The Labute approximate surface area is 158 Å². The Bertz CT molecular complexity index is 980. The Hall–Kier alpha value is -3.17. The number of carbonyl (C=O) groups is 1. The molecular weight excluding hydrogens is 373 g/mol. The molecule has 1 aliphatic rings. The largest absolute Gasteiger partial charge is 0.453 e. The second-order valence-electron chi connectivity index (χ2n) is 6.60. The minimum atomic E-state index is -4.63. The zero-order valence-corrected chi connectivity index (χ0v) is 14.7. The zero-order chi connectivity index (χ0) is 19.7. The van der Waals surface area contributed by atoms with Gasteiger partial charge in [0.05, 0.1) is 0 Å². The fourth-order valence-electron chi connectivity index (χ4n) is 3.26. The highest BCUT2D eigenvalue weighted by Crippen LogP contribution is 2.29. The summed E-state index contributed by atoms with van der Waals surface area (Å²) in [5.74, 6) is -0.950. The van der Waals surface area contributed by atoms with Crippen LogP contribution in [0.1, 0.15) is 18.7 Å². The monoisotopic (exact) mass is 390 g/mol. The van der Waals surface area contributed by atoms with E-state index in [0.29, 0.717) is 36.3 Å². The van der Waals surface area contributed by atoms with Gasteiger partial charge in [0.2, 0.25) is 5.91 Å². The highest BCUT2D eigenvalue weighted by molar-refractivity contribution is 5.92. The van der Waals surface area contributed by atoms with E-state index in [1.807, 2.05) is 35.2 Å². The Morgan fingerprint density at radius 2 is 1.75 bits per heavy atom. The Balaban J connectivity index is 1.44. The van der Waals surface area contributed by atoms with Gasteiger partial charge in [0.1, 0.15) is 5.82 Å².